The van der Waals surface area contributed by atoms with Gasteiger partial charge in [0.25, 0.3) is 0 Å². The van der Waals surface area contributed by atoms with E-state index in [0.717, 1.165) is 11.1 Å². The average Bonchev–Trinajstić information content (AvgIpc) is 2.42. The van der Waals surface area contributed by atoms with Crippen molar-refractivity contribution in [1.82, 2.24) is 0 Å². The summed E-state index contributed by atoms with van der Waals surface area (Å²) < 4.78 is 10.8. The molecule has 20 heavy (non-hydrogen) atoms. The molecule has 1 N–H and O–H groups in total. The molecule has 0 aliphatic rings. The van der Waals surface area contributed by atoms with Gasteiger partial charge in [-0.15, -0.1) is 0 Å². The quantitative estimate of drug-likeness (QED) is 0.903. The van der Waals surface area contributed by atoms with Crippen molar-refractivity contribution >= 4 is 5.97 Å². The zero-order valence-electron chi connectivity index (χ0n) is 11.4. The van der Waals surface area contributed by atoms with Gasteiger partial charge in [-0.25, -0.2) is 4.79 Å². The van der Waals surface area contributed by atoms with Crippen molar-refractivity contribution in [3.05, 3.63) is 59.2 Å². The Bertz CT molecular complexity index is 620. The first-order valence-electron chi connectivity index (χ1n) is 6.20. The summed E-state index contributed by atoms with van der Waals surface area (Å²) in [6.45, 7) is 2.38. The second-order valence-electron chi connectivity index (χ2n) is 4.47. The van der Waals surface area contributed by atoms with E-state index in [9.17, 15) is 4.79 Å². The Morgan fingerprint density at radius 3 is 2.70 bits per heavy atom. The van der Waals surface area contributed by atoms with Crippen LogP contribution in [0.2, 0.25) is 0 Å². The second-order valence-corrected chi connectivity index (χ2v) is 4.47. The Kier molecular flexibility index (Phi) is 4.38. The van der Waals surface area contributed by atoms with E-state index in [1.54, 1.807) is 19.2 Å². The minimum atomic E-state index is -0.969. The standard InChI is InChI=1S/C16H16O4/c1-11-6-7-13(16(17)18)9-15(11)20-14-5-3-4-12(8-14)10-19-2/h3-9H,10H2,1-2H3,(H,17,18). The molecule has 0 aromatic heterocycles. The number of rotatable bonds is 5. The molecule has 0 aliphatic carbocycles. The maximum Gasteiger partial charge on any atom is 0.335 e. The summed E-state index contributed by atoms with van der Waals surface area (Å²) in [7, 11) is 1.63. The minimum absolute atomic E-state index is 0.207. The number of carboxylic acids is 1. The molecule has 104 valence electrons. The molecular weight excluding hydrogens is 256 g/mol. The van der Waals surface area contributed by atoms with E-state index in [-0.39, 0.29) is 5.56 Å². The van der Waals surface area contributed by atoms with Crippen LogP contribution in [-0.4, -0.2) is 18.2 Å². The number of methoxy groups -OCH3 is 1. The normalized spacial score (nSPS) is 10.3. The topological polar surface area (TPSA) is 55.8 Å². The predicted octanol–water partition coefficient (Wildman–Crippen LogP) is 3.63. The Balaban J connectivity index is 2.27. The van der Waals surface area contributed by atoms with Gasteiger partial charge in [0.1, 0.15) is 11.5 Å². The maximum atomic E-state index is 11.0. The van der Waals surface area contributed by atoms with Gasteiger partial charge in [-0.3, -0.25) is 0 Å². The van der Waals surface area contributed by atoms with Crippen LogP contribution < -0.4 is 4.74 Å². The maximum absolute atomic E-state index is 11.0. The smallest absolute Gasteiger partial charge is 0.335 e. The van der Waals surface area contributed by atoms with Crippen molar-refractivity contribution in [2.45, 2.75) is 13.5 Å². The highest BCUT2D eigenvalue weighted by Crippen LogP contribution is 2.27. The van der Waals surface area contributed by atoms with Gasteiger partial charge in [-0.1, -0.05) is 18.2 Å². The summed E-state index contributed by atoms with van der Waals surface area (Å²) in [6, 6.07) is 12.3. The fraction of sp³-hybridized carbons (Fsp3) is 0.188. The highest BCUT2D eigenvalue weighted by molar-refractivity contribution is 5.88. The fourth-order valence-corrected chi connectivity index (χ4v) is 1.84. The van der Waals surface area contributed by atoms with Crippen LogP contribution in [0.25, 0.3) is 0 Å². The molecule has 0 amide bonds. The lowest BCUT2D eigenvalue weighted by Crippen LogP contribution is -1.98. The summed E-state index contributed by atoms with van der Waals surface area (Å²) in [4.78, 5) is 11.0. The Morgan fingerprint density at radius 2 is 2.00 bits per heavy atom. The summed E-state index contributed by atoms with van der Waals surface area (Å²) in [5.41, 5.74) is 2.09. The van der Waals surface area contributed by atoms with Gasteiger partial charge in [0, 0.05) is 7.11 Å². The van der Waals surface area contributed by atoms with Crippen molar-refractivity contribution < 1.29 is 19.4 Å². The first-order valence-corrected chi connectivity index (χ1v) is 6.20. The summed E-state index contributed by atoms with van der Waals surface area (Å²) in [5.74, 6) is 0.229. The van der Waals surface area contributed by atoms with Gasteiger partial charge in [-0.2, -0.15) is 0 Å². The zero-order valence-corrected chi connectivity index (χ0v) is 11.4. The van der Waals surface area contributed by atoms with Crippen LogP contribution in [0.1, 0.15) is 21.5 Å². The van der Waals surface area contributed by atoms with Crippen LogP contribution in [0.15, 0.2) is 42.5 Å². The van der Waals surface area contributed by atoms with Crippen LogP contribution >= 0.6 is 0 Å². The lowest BCUT2D eigenvalue weighted by molar-refractivity contribution is 0.0696. The van der Waals surface area contributed by atoms with Crippen molar-refractivity contribution in [3.8, 4) is 11.5 Å². The van der Waals surface area contributed by atoms with Crippen LogP contribution in [-0.2, 0) is 11.3 Å². The van der Waals surface area contributed by atoms with Crippen LogP contribution in [0.3, 0.4) is 0 Å². The molecule has 2 aromatic carbocycles. The summed E-state index contributed by atoms with van der Waals surface area (Å²) in [6.07, 6.45) is 0. The van der Waals surface area contributed by atoms with Gasteiger partial charge in [0.2, 0.25) is 0 Å². The molecular formula is C16H16O4. The third kappa shape index (κ3) is 3.36. The lowest BCUT2D eigenvalue weighted by atomic mass is 10.1. The number of carboxylic acid groups (broad SMARTS) is 1. The molecule has 0 saturated heterocycles. The zero-order chi connectivity index (χ0) is 14.5. The first-order chi connectivity index (χ1) is 9.60. The van der Waals surface area contributed by atoms with Gasteiger partial charge in [0.05, 0.1) is 12.2 Å². The van der Waals surface area contributed by atoms with Crippen molar-refractivity contribution in [2.24, 2.45) is 0 Å². The van der Waals surface area contributed by atoms with E-state index in [4.69, 9.17) is 14.6 Å². The van der Waals surface area contributed by atoms with Crippen LogP contribution in [0.4, 0.5) is 0 Å². The lowest BCUT2D eigenvalue weighted by Gasteiger charge is -2.10. The summed E-state index contributed by atoms with van der Waals surface area (Å²) in [5, 5.41) is 9.01. The van der Waals surface area contributed by atoms with Crippen LogP contribution in [0.5, 0.6) is 11.5 Å². The molecule has 0 fully saturated rings. The van der Waals surface area contributed by atoms with E-state index in [2.05, 4.69) is 0 Å². The van der Waals surface area contributed by atoms with Gasteiger partial charge >= 0.3 is 5.97 Å². The highest BCUT2D eigenvalue weighted by Gasteiger charge is 2.08. The third-order valence-corrected chi connectivity index (χ3v) is 2.87. The molecule has 0 radical (unpaired) electrons. The molecule has 4 heteroatoms. The van der Waals surface area contributed by atoms with Gasteiger partial charge in [0.15, 0.2) is 0 Å². The second kappa shape index (κ2) is 6.21. The van der Waals surface area contributed by atoms with Gasteiger partial charge < -0.3 is 14.6 Å². The van der Waals surface area contributed by atoms with E-state index in [1.807, 2.05) is 31.2 Å². The number of ether oxygens (including phenoxy) is 2. The number of hydrogen-bond donors (Lipinski definition) is 1. The summed E-state index contributed by atoms with van der Waals surface area (Å²) >= 11 is 0. The SMILES string of the molecule is COCc1cccc(Oc2cc(C(=O)O)ccc2C)c1. The number of benzene rings is 2. The molecule has 2 aromatic rings. The molecule has 0 aliphatic heterocycles. The van der Waals surface area contributed by atoms with Crippen molar-refractivity contribution in [2.75, 3.05) is 7.11 Å². The van der Waals surface area contributed by atoms with Gasteiger partial charge in [-0.05, 0) is 42.3 Å². The molecule has 0 bridgehead atoms. The Morgan fingerprint density at radius 1 is 1.20 bits per heavy atom. The van der Waals surface area contributed by atoms with E-state index in [0.29, 0.717) is 18.1 Å². The average molecular weight is 272 g/mol. The van der Waals surface area contributed by atoms with E-state index < -0.39 is 5.97 Å². The molecule has 0 saturated carbocycles. The Labute approximate surface area is 117 Å². The number of aromatic carboxylic acids is 1. The fourth-order valence-electron chi connectivity index (χ4n) is 1.84. The number of carbonyl (C=O) groups is 1. The largest absolute Gasteiger partial charge is 0.478 e. The predicted molar refractivity (Wildman–Crippen MR) is 75.4 cm³/mol. The molecule has 0 spiro atoms. The molecule has 0 unspecified atom stereocenters. The molecule has 0 heterocycles. The molecule has 0 atom stereocenters. The van der Waals surface area contributed by atoms with Crippen molar-refractivity contribution in [1.29, 1.82) is 0 Å². The minimum Gasteiger partial charge on any atom is -0.478 e. The van der Waals surface area contributed by atoms with E-state index >= 15 is 0 Å². The Hall–Kier alpha value is -2.33. The third-order valence-electron chi connectivity index (χ3n) is 2.87. The number of hydrogen-bond acceptors (Lipinski definition) is 3. The molecule has 2 rings (SSSR count). The first kappa shape index (κ1) is 14.1. The highest BCUT2D eigenvalue weighted by atomic mass is 16.5. The van der Waals surface area contributed by atoms with Crippen molar-refractivity contribution in [3.63, 3.8) is 0 Å². The molecule has 4 nitrogen and oxygen atoms in total. The monoisotopic (exact) mass is 272 g/mol. The van der Waals surface area contributed by atoms with Crippen LogP contribution in [0, 0.1) is 6.92 Å². The number of aryl methyl sites for hydroxylation is 1. The van der Waals surface area contributed by atoms with E-state index in [1.165, 1.54) is 6.07 Å².